The van der Waals surface area contributed by atoms with Gasteiger partial charge in [0.1, 0.15) is 5.75 Å². The Bertz CT molecular complexity index is 745. The van der Waals surface area contributed by atoms with Crippen molar-refractivity contribution in [2.75, 3.05) is 6.61 Å². The Labute approximate surface area is 148 Å². The zero-order valence-corrected chi connectivity index (χ0v) is 14.9. The molecule has 25 heavy (non-hydrogen) atoms. The monoisotopic (exact) mass is 344 g/mol. The minimum atomic E-state index is -0.747. The molecule has 3 rings (SSSR count). The summed E-state index contributed by atoms with van der Waals surface area (Å²) >= 11 is 0. The van der Waals surface area contributed by atoms with Crippen molar-refractivity contribution in [3.63, 3.8) is 0 Å². The summed E-state index contributed by atoms with van der Waals surface area (Å²) in [4.78, 5) is 0. The maximum absolute atomic E-state index is 14.7. The van der Waals surface area contributed by atoms with E-state index in [-0.39, 0.29) is 5.92 Å². The van der Waals surface area contributed by atoms with Gasteiger partial charge in [-0.25, -0.2) is 8.78 Å². The molecular weight excluding hydrogens is 318 g/mol. The van der Waals surface area contributed by atoms with E-state index in [1.807, 2.05) is 31.2 Å². The van der Waals surface area contributed by atoms with Gasteiger partial charge in [-0.2, -0.15) is 0 Å². The van der Waals surface area contributed by atoms with Crippen molar-refractivity contribution in [2.45, 2.75) is 51.4 Å². The first kappa shape index (κ1) is 17.9. The molecule has 2 aromatic carbocycles. The van der Waals surface area contributed by atoms with Crippen LogP contribution in [0, 0.1) is 17.6 Å². The van der Waals surface area contributed by atoms with Gasteiger partial charge >= 0.3 is 0 Å². The van der Waals surface area contributed by atoms with Gasteiger partial charge in [-0.1, -0.05) is 12.1 Å². The standard InChI is InChI=1S/C22H26F2O/c1-3-5-6-15-7-9-16(10-8-15)19-13-17-11-12-18(25-4-2)14-20(17)22(24)21(19)23/h3,11-16H,1,4-10H2,2H3. The minimum absolute atomic E-state index is 0.116. The SMILES string of the molecule is C=CCCC1CCC(c2cc3ccc(OCC)cc3c(F)c2F)CC1. The van der Waals surface area contributed by atoms with Crippen LogP contribution in [0.3, 0.4) is 0 Å². The lowest BCUT2D eigenvalue weighted by Crippen LogP contribution is -2.15. The first-order chi connectivity index (χ1) is 12.1. The number of rotatable bonds is 6. The fraction of sp³-hybridized carbons (Fsp3) is 0.455. The van der Waals surface area contributed by atoms with Crippen LogP contribution < -0.4 is 4.74 Å². The predicted octanol–water partition coefficient (Wildman–Crippen LogP) is 6.76. The van der Waals surface area contributed by atoms with Gasteiger partial charge in [0.2, 0.25) is 0 Å². The highest BCUT2D eigenvalue weighted by atomic mass is 19.2. The molecule has 1 aliphatic carbocycles. The predicted molar refractivity (Wildman–Crippen MR) is 99.2 cm³/mol. The van der Waals surface area contributed by atoms with Gasteiger partial charge in [0.25, 0.3) is 0 Å². The van der Waals surface area contributed by atoms with E-state index >= 15 is 0 Å². The Morgan fingerprint density at radius 1 is 1.12 bits per heavy atom. The molecule has 0 saturated heterocycles. The number of allylic oxidation sites excluding steroid dienone is 1. The van der Waals surface area contributed by atoms with Crippen LogP contribution in [-0.4, -0.2) is 6.61 Å². The molecule has 0 bridgehead atoms. The average Bonchev–Trinajstić information content (AvgIpc) is 2.64. The van der Waals surface area contributed by atoms with E-state index in [1.165, 1.54) is 0 Å². The Morgan fingerprint density at radius 2 is 1.88 bits per heavy atom. The summed E-state index contributed by atoms with van der Waals surface area (Å²) in [5, 5.41) is 1.04. The minimum Gasteiger partial charge on any atom is -0.494 e. The van der Waals surface area contributed by atoms with Gasteiger partial charge in [0.15, 0.2) is 11.6 Å². The number of ether oxygens (including phenoxy) is 1. The maximum Gasteiger partial charge on any atom is 0.167 e. The molecule has 0 atom stereocenters. The summed E-state index contributed by atoms with van der Waals surface area (Å²) in [5.41, 5.74) is 0.538. The molecule has 0 N–H and O–H groups in total. The first-order valence-corrected chi connectivity index (χ1v) is 9.29. The molecule has 0 radical (unpaired) electrons. The zero-order valence-electron chi connectivity index (χ0n) is 14.9. The number of hydrogen-bond acceptors (Lipinski definition) is 1. The molecule has 1 fully saturated rings. The number of halogens is 2. The molecule has 0 unspecified atom stereocenters. The van der Waals surface area contributed by atoms with Crippen LogP contribution in [-0.2, 0) is 0 Å². The second kappa shape index (κ2) is 7.99. The first-order valence-electron chi connectivity index (χ1n) is 9.29. The highest BCUT2D eigenvalue weighted by Gasteiger charge is 2.26. The van der Waals surface area contributed by atoms with E-state index in [0.29, 0.717) is 29.2 Å². The second-order valence-corrected chi connectivity index (χ2v) is 6.99. The van der Waals surface area contributed by atoms with E-state index < -0.39 is 11.6 Å². The van der Waals surface area contributed by atoms with Crippen molar-refractivity contribution in [3.8, 4) is 5.75 Å². The van der Waals surface area contributed by atoms with Gasteiger partial charge in [-0.3, -0.25) is 0 Å². The third kappa shape index (κ3) is 3.86. The molecule has 0 aromatic heterocycles. The van der Waals surface area contributed by atoms with Crippen molar-refractivity contribution in [1.82, 2.24) is 0 Å². The van der Waals surface area contributed by atoms with Crippen molar-refractivity contribution >= 4 is 10.8 Å². The molecule has 1 saturated carbocycles. The summed E-state index contributed by atoms with van der Waals surface area (Å²) in [6, 6.07) is 7.06. The van der Waals surface area contributed by atoms with Crippen LogP contribution in [0.1, 0.15) is 56.9 Å². The van der Waals surface area contributed by atoms with Crippen molar-refractivity contribution < 1.29 is 13.5 Å². The smallest absolute Gasteiger partial charge is 0.167 e. The highest BCUT2D eigenvalue weighted by Crippen LogP contribution is 2.40. The number of benzene rings is 2. The summed E-state index contributed by atoms with van der Waals surface area (Å²) in [6.07, 6.45) is 8.19. The normalized spacial score (nSPS) is 20.6. The summed E-state index contributed by atoms with van der Waals surface area (Å²) in [7, 11) is 0. The van der Waals surface area contributed by atoms with Gasteiger partial charge in [-0.15, -0.1) is 6.58 Å². The Morgan fingerprint density at radius 3 is 2.56 bits per heavy atom. The summed E-state index contributed by atoms with van der Waals surface area (Å²) < 4.78 is 34.7. The molecule has 3 heteroatoms. The van der Waals surface area contributed by atoms with Crippen LogP contribution >= 0.6 is 0 Å². The van der Waals surface area contributed by atoms with Crippen LogP contribution in [0.25, 0.3) is 10.8 Å². The van der Waals surface area contributed by atoms with Crippen molar-refractivity contribution in [3.05, 3.63) is 54.1 Å². The lowest BCUT2D eigenvalue weighted by molar-refractivity contribution is 0.306. The third-order valence-electron chi connectivity index (χ3n) is 5.40. The fourth-order valence-corrected chi connectivity index (χ4v) is 4.00. The highest BCUT2D eigenvalue weighted by molar-refractivity contribution is 5.85. The molecular formula is C22H26F2O. The van der Waals surface area contributed by atoms with Crippen LogP contribution in [0.15, 0.2) is 36.9 Å². The second-order valence-electron chi connectivity index (χ2n) is 6.99. The van der Waals surface area contributed by atoms with Gasteiger partial charge in [0.05, 0.1) is 6.61 Å². The zero-order chi connectivity index (χ0) is 17.8. The quantitative estimate of drug-likeness (QED) is 0.526. The van der Waals surface area contributed by atoms with Crippen LogP contribution in [0.4, 0.5) is 8.78 Å². The fourth-order valence-electron chi connectivity index (χ4n) is 4.00. The molecule has 0 amide bonds. The lowest BCUT2D eigenvalue weighted by atomic mass is 9.76. The number of hydrogen-bond donors (Lipinski definition) is 0. The molecule has 1 nitrogen and oxygen atoms in total. The van der Waals surface area contributed by atoms with Crippen molar-refractivity contribution in [1.29, 1.82) is 0 Å². The molecule has 2 aromatic rings. The van der Waals surface area contributed by atoms with E-state index in [9.17, 15) is 8.78 Å². The average molecular weight is 344 g/mol. The molecule has 0 spiro atoms. The van der Waals surface area contributed by atoms with Gasteiger partial charge < -0.3 is 4.74 Å². The molecule has 0 aliphatic heterocycles. The van der Waals surface area contributed by atoms with E-state index in [4.69, 9.17) is 4.74 Å². The Hall–Kier alpha value is -1.90. The van der Waals surface area contributed by atoms with Crippen LogP contribution in [0.2, 0.25) is 0 Å². The molecule has 0 heterocycles. The third-order valence-corrected chi connectivity index (χ3v) is 5.40. The maximum atomic E-state index is 14.7. The van der Waals surface area contributed by atoms with E-state index in [2.05, 4.69) is 6.58 Å². The van der Waals surface area contributed by atoms with Crippen LogP contribution in [0.5, 0.6) is 5.75 Å². The lowest BCUT2D eigenvalue weighted by Gasteiger charge is -2.29. The summed E-state index contributed by atoms with van der Waals surface area (Å²) in [5.74, 6) is -0.0517. The van der Waals surface area contributed by atoms with E-state index in [0.717, 1.165) is 43.9 Å². The van der Waals surface area contributed by atoms with Crippen molar-refractivity contribution in [2.24, 2.45) is 5.92 Å². The van der Waals surface area contributed by atoms with Gasteiger partial charge in [-0.05, 0) is 86.4 Å². The largest absolute Gasteiger partial charge is 0.494 e. The van der Waals surface area contributed by atoms with E-state index in [1.54, 1.807) is 6.07 Å². The molecule has 1 aliphatic rings. The number of fused-ring (bicyclic) bond motifs is 1. The summed E-state index contributed by atoms with van der Waals surface area (Å²) in [6.45, 7) is 6.15. The Kier molecular flexibility index (Phi) is 5.72. The molecule has 134 valence electrons. The topological polar surface area (TPSA) is 9.23 Å². The Balaban J connectivity index is 1.84. The van der Waals surface area contributed by atoms with Gasteiger partial charge in [0, 0.05) is 5.39 Å².